The lowest BCUT2D eigenvalue weighted by molar-refractivity contribution is -0.132. The second kappa shape index (κ2) is 9.20. The van der Waals surface area contributed by atoms with Gasteiger partial charge in [0.05, 0.1) is 6.61 Å². The monoisotopic (exact) mass is 304 g/mol. The van der Waals surface area contributed by atoms with E-state index in [-0.39, 0.29) is 11.8 Å². The number of ether oxygens (including phenoxy) is 1. The molecular formula is C17H24N2O3. The number of amides is 2. The van der Waals surface area contributed by atoms with Crippen LogP contribution in [0.2, 0.25) is 0 Å². The van der Waals surface area contributed by atoms with Crippen LogP contribution in [-0.2, 0) is 20.7 Å². The van der Waals surface area contributed by atoms with Gasteiger partial charge in [-0.15, -0.1) is 0 Å². The number of hydrogen-bond acceptors (Lipinski definition) is 3. The van der Waals surface area contributed by atoms with Crippen molar-refractivity contribution in [2.45, 2.75) is 25.7 Å². The Morgan fingerprint density at radius 1 is 1.18 bits per heavy atom. The first-order valence-corrected chi connectivity index (χ1v) is 7.92. The van der Waals surface area contributed by atoms with Crippen LogP contribution in [0, 0.1) is 0 Å². The number of nitrogens with zero attached hydrogens (tertiary/aromatic N) is 1. The van der Waals surface area contributed by atoms with E-state index < -0.39 is 0 Å². The molecule has 0 radical (unpaired) electrons. The molecule has 1 saturated heterocycles. The Labute approximate surface area is 131 Å². The van der Waals surface area contributed by atoms with Gasteiger partial charge in [-0.05, 0) is 18.4 Å². The van der Waals surface area contributed by atoms with Gasteiger partial charge in [0.15, 0.2) is 0 Å². The highest BCUT2D eigenvalue weighted by Gasteiger charge is 2.15. The second-order valence-corrected chi connectivity index (χ2v) is 5.43. The summed E-state index contributed by atoms with van der Waals surface area (Å²) in [4.78, 5) is 25.8. The lowest BCUT2D eigenvalue weighted by Crippen LogP contribution is -2.36. The summed E-state index contributed by atoms with van der Waals surface area (Å²) in [6.07, 6.45) is 2.38. The van der Waals surface area contributed by atoms with Crippen LogP contribution in [0.5, 0.6) is 0 Å². The van der Waals surface area contributed by atoms with Crippen molar-refractivity contribution >= 4 is 11.8 Å². The highest BCUT2D eigenvalue weighted by atomic mass is 16.5. The van der Waals surface area contributed by atoms with Gasteiger partial charge in [0.1, 0.15) is 0 Å². The van der Waals surface area contributed by atoms with Gasteiger partial charge >= 0.3 is 0 Å². The number of nitrogens with one attached hydrogen (secondary N) is 1. The van der Waals surface area contributed by atoms with E-state index in [1.54, 1.807) is 4.90 Å². The largest absolute Gasteiger partial charge is 0.380 e. The molecule has 0 bridgehead atoms. The van der Waals surface area contributed by atoms with Crippen molar-refractivity contribution in [1.82, 2.24) is 10.2 Å². The Morgan fingerprint density at radius 2 is 2.00 bits per heavy atom. The SMILES string of the molecule is O=C1CCN(C(=O)CCc2ccccc2)CCCOCCN1. The lowest BCUT2D eigenvalue weighted by Gasteiger charge is -2.22. The van der Waals surface area contributed by atoms with E-state index in [1.807, 2.05) is 30.3 Å². The van der Waals surface area contributed by atoms with E-state index in [1.165, 1.54) is 0 Å². The van der Waals surface area contributed by atoms with Crippen molar-refractivity contribution in [2.24, 2.45) is 0 Å². The van der Waals surface area contributed by atoms with E-state index >= 15 is 0 Å². The summed E-state index contributed by atoms with van der Waals surface area (Å²) in [6, 6.07) is 9.99. The van der Waals surface area contributed by atoms with Gasteiger partial charge < -0.3 is 15.0 Å². The number of carbonyl (C=O) groups excluding carboxylic acids is 2. The molecule has 0 saturated carbocycles. The third-order valence-corrected chi connectivity index (χ3v) is 3.72. The van der Waals surface area contributed by atoms with Crippen LogP contribution < -0.4 is 5.32 Å². The average molecular weight is 304 g/mol. The Hall–Kier alpha value is -1.88. The van der Waals surface area contributed by atoms with Crippen LogP contribution in [0.1, 0.15) is 24.8 Å². The highest BCUT2D eigenvalue weighted by molar-refractivity contribution is 5.79. The maximum atomic E-state index is 12.4. The first-order valence-electron chi connectivity index (χ1n) is 7.92. The zero-order chi connectivity index (χ0) is 15.6. The molecule has 2 rings (SSSR count). The molecule has 5 nitrogen and oxygen atoms in total. The molecule has 1 N–H and O–H groups in total. The fourth-order valence-electron chi connectivity index (χ4n) is 2.46. The quantitative estimate of drug-likeness (QED) is 0.917. The zero-order valence-electron chi connectivity index (χ0n) is 12.9. The predicted octanol–water partition coefficient (Wildman–Crippen LogP) is 1.37. The molecule has 1 aromatic rings. The predicted molar refractivity (Wildman–Crippen MR) is 84.4 cm³/mol. The van der Waals surface area contributed by atoms with Gasteiger partial charge in [-0.25, -0.2) is 0 Å². The minimum atomic E-state index is -0.0219. The summed E-state index contributed by atoms with van der Waals surface area (Å²) >= 11 is 0. The molecule has 0 spiro atoms. The average Bonchev–Trinajstić information content (AvgIpc) is 2.59. The van der Waals surface area contributed by atoms with E-state index in [0.29, 0.717) is 45.7 Å². The first kappa shape index (κ1) is 16.5. The van der Waals surface area contributed by atoms with Crippen LogP contribution in [-0.4, -0.2) is 49.6 Å². The molecule has 0 unspecified atom stereocenters. The van der Waals surface area contributed by atoms with Crippen LogP contribution >= 0.6 is 0 Å². The molecule has 0 aromatic heterocycles. The number of aryl methyl sites for hydroxylation is 1. The second-order valence-electron chi connectivity index (χ2n) is 5.43. The molecule has 1 aromatic carbocycles. The van der Waals surface area contributed by atoms with E-state index in [2.05, 4.69) is 5.32 Å². The standard InChI is InChI=1S/C17H24N2O3/c20-16-9-12-19(11-4-13-22-14-10-18-16)17(21)8-7-15-5-2-1-3-6-15/h1-3,5-6H,4,7-14H2,(H,18,20). The van der Waals surface area contributed by atoms with Crippen LogP contribution in [0.3, 0.4) is 0 Å². The van der Waals surface area contributed by atoms with Crippen LogP contribution in [0.4, 0.5) is 0 Å². The number of rotatable bonds is 3. The van der Waals surface area contributed by atoms with Crippen molar-refractivity contribution in [1.29, 1.82) is 0 Å². The van der Waals surface area contributed by atoms with Crippen molar-refractivity contribution in [2.75, 3.05) is 32.8 Å². The van der Waals surface area contributed by atoms with Crippen molar-refractivity contribution in [3.8, 4) is 0 Å². The van der Waals surface area contributed by atoms with Gasteiger partial charge in [0.25, 0.3) is 0 Å². The molecule has 1 fully saturated rings. The molecule has 0 atom stereocenters. The van der Waals surface area contributed by atoms with Crippen LogP contribution in [0.15, 0.2) is 30.3 Å². The fraction of sp³-hybridized carbons (Fsp3) is 0.529. The van der Waals surface area contributed by atoms with E-state index in [0.717, 1.165) is 18.4 Å². The van der Waals surface area contributed by atoms with Gasteiger partial charge in [0, 0.05) is 39.1 Å². The van der Waals surface area contributed by atoms with E-state index in [9.17, 15) is 9.59 Å². The van der Waals surface area contributed by atoms with Gasteiger partial charge in [-0.2, -0.15) is 0 Å². The van der Waals surface area contributed by atoms with Crippen molar-refractivity contribution in [3.63, 3.8) is 0 Å². The lowest BCUT2D eigenvalue weighted by atomic mass is 10.1. The van der Waals surface area contributed by atoms with Gasteiger partial charge in [-0.1, -0.05) is 30.3 Å². The smallest absolute Gasteiger partial charge is 0.222 e. The summed E-state index contributed by atoms with van der Waals surface area (Å²) in [6.45, 7) is 2.84. The summed E-state index contributed by atoms with van der Waals surface area (Å²) in [5.41, 5.74) is 1.16. The molecule has 0 aliphatic carbocycles. The number of hydrogen-bond donors (Lipinski definition) is 1. The maximum absolute atomic E-state index is 12.4. The van der Waals surface area contributed by atoms with Crippen molar-refractivity contribution in [3.05, 3.63) is 35.9 Å². The molecule has 5 heteroatoms. The zero-order valence-corrected chi connectivity index (χ0v) is 12.9. The summed E-state index contributed by atoms with van der Waals surface area (Å²) in [5, 5.41) is 2.80. The van der Waals surface area contributed by atoms with Gasteiger partial charge in [0.2, 0.25) is 11.8 Å². The normalized spacial score (nSPS) is 17.5. The number of benzene rings is 1. The minimum absolute atomic E-state index is 0.0219. The topological polar surface area (TPSA) is 58.6 Å². The van der Waals surface area contributed by atoms with Crippen molar-refractivity contribution < 1.29 is 14.3 Å². The Morgan fingerprint density at radius 3 is 2.82 bits per heavy atom. The molecule has 22 heavy (non-hydrogen) atoms. The highest BCUT2D eigenvalue weighted by Crippen LogP contribution is 2.06. The third kappa shape index (κ3) is 5.85. The third-order valence-electron chi connectivity index (χ3n) is 3.72. The molecule has 1 heterocycles. The first-order chi connectivity index (χ1) is 10.8. The van der Waals surface area contributed by atoms with Gasteiger partial charge in [-0.3, -0.25) is 9.59 Å². The summed E-state index contributed by atoms with van der Waals surface area (Å²) in [7, 11) is 0. The Kier molecular flexibility index (Phi) is 6.90. The maximum Gasteiger partial charge on any atom is 0.222 e. The summed E-state index contributed by atoms with van der Waals surface area (Å²) in [5.74, 6) is 0.0854. The Balaban J connectivity index is 1.85. The minimum Gasteiger partial charge on any atom is -0.380 e. The molecular weight excluding hydrogens is 280 g/mol. The van der Waals surface area contributed by atoms with Crippen LogP contribution in [0.25, 0.3) is 0 Å². The summed E-state index contributed by atoms with van der Waals surface area (Å²) < 4.78 is 5.42. The molecule has 2 amide bonds. The molecule has 1 aliphatic rings. The molecule has 1 aliphatic heterocycles. The molecule has 120 valence electrons. The Bertz CT molecular complexity index is 476. The number of carbonyl (C=O) groups is 2. The fourth-order valence-corrected chi connectivity index (χ4v) is 2.46. The van der Waals surface area contributed by atoms with E-state index in [4.69, 9.17) is 4.74 Å².